The second kappa shape index (κ2) is 52.9. The first-order chi connectivity index (χ1) is 30.6. The summed E-state index contributed by atoms with van der Waals surface area (Å²) in [4.78, 5) is 25.3. The van der Waals surface area contributed by atoms with Gasteiger partial charge in [0.15, 0.2) is 6.10 Å². The Labute approximate surface area is 385 Å². The molecule has 0 radical (unpaired) electrons. The molecule has 360 valence electrons. The molecule has 0 aliphatic carbocycles. The van der Waals surface area contributed by atoms with Crippen molar-refractivity contribution in [3.8, 4) is 0 Å². The topological polar surface area (TPSA) is 61.8 Å². The van der Waals surface area contributed by atoms with Gasteiger partial charge in [-0.15, -0.1) is 0 Å². The molecule has 0 saturated carbocycles. The van der Waals surface area contributed by atoms with Gasteiger partial charge in [0.1, 0.15) is 6.61 Å². The Kier molecular flexibility index (Phi) is 50.9. The van der Waals surface area contributed by atoms with Gasteiger partial charge in [-0.3, -0.25) is 9.59 Å². The Morgan fingerprint density at radius 2 is 0.677 bits per heavy atom. The monoisotopic (exact) mass is 867 g/mol. The average molecular weight is 867 g/mol. The smallest absolute Gasteiger partial charge is 0.306 e. The van der Waals surface area contributed by atoms with Gasteiger partial charge in [-0.1, -0.05) is 223 Å². The molecule has 5 nitrogen and oxygen atoms in total. The molecule has 0 saturated heterocycles. The van der Waals surface area contributed by atoms with Crippen LogP contribution in [0.2, 0.25) is 0 Å². The quantitative estimate of drug-likeness (QED) is 0.0346. The fraction of sp³-hybridized carbons (Fsp3) is 0.789. The van der Waals surface area contributed by atoms with E-state index in [1.54, 1.807) is 0 Å². The van der Waals surface area contributed by atoms with E-state index < -0.39 is 6.10 Å². The number of carbonyl (C=O) groups excluding carboxylic acids is 2. The second-order valence-corrected chi connectivity index (χ2v) is 17.8. The van der Waals surface area contributed by atoms with Gasteiger partial charge in [0.25, 0.3) is 0 Å². The number of rotatable bonds is 49. The van der Waals surface area contributed by atoms with E-state index in [-0.39, 0.29) is 25.2 Å². The predicted molar refractivity (Wildman–Crippen MR) is 270 cm³/mol. The van der Waals surface area contributed by atoms with E-state index in [1.807, 2.05) is 0 Å². The Bertz CT molecular complexity index is 1070. The molecule has 0 amide bonds. The molecule has 0 aromatic heterocycles. The molecule has 1 atom stereocenters. The van der Waals surface area contributed by atoms with Crippen LogP contribution in [0.5, 0.6) is 0 Å². The van der Waals surface area contributed by atoms with Crippen LogP contribution in [0, 0.1) is 0 Å². The third-order valence-electron chi connectivity index (χ3n) is 11.5. The fourth-order valence-corrected chi connectivity index (χ4v) is 7.49. The minimum atomic E-state index is -0.540. The van der Waals surface area contributed by atoms with E-state index in [1.165, 1.54) is 173 Å². The van der Waals surface area contributed by atoms with Crippen molar-refractivity contribution in [2.45, 2.75) is 271 Å². The van der Waals surface area contributed by atoms with Crippen molar-refractivity contribution >= 4 is 11.9 Å². The highest BCUT2D eigenvalue weighted by atomic mass is 16.6. The highest BCUT2D eigenvalue weighted by molar-refractivity contribution is 5.70. The minimum Gasteiger partial charge on any atom is -0.462 e. The summed E-state index contributed by atoms with van der Waals surface area (Å²) in [5.74, 6) is -0.407. The molecule has 0 spiro atoms. The predicted octanol–water partition coefficient (Wildman–Crippen LogP) is 18.1. The molecular weight excluding hydrogens is 765 g/mol. The summed E-state index contributed by atoms with van der Waals surface area (Å²) in [5, 5.41) is 0. The number of hydrogen-bond acceptors (Lipinski definition) is 5. The van der Waals surface area contributed by atoms with E-state index in [4.69, 9.17) is 14.2 Å². The van der Waals surface area contributed by atoms with Crippen LogP contribution in [0.4, 0.5) is 0 Å². The molecular formula is C57H102O5. The Morgan fingerprint density at radius 3 is 1.11 bits per heavy atom. The third kappa shape index (κ3) is 50.2. The summed E-state index contributed by atoms with van der Waals surface area (Å²) in [6.07, 6.45) is 66.7. The molecule has 0 heterocycles. The average Bonchev–Trinajstić information content (AvgIpc) is 3.27. The lowest BCUT2D eigenvalue weighted by Gasteiger charge is -2.18. The lowest BCUT2D eigenvalue weighted by molar-refractivity contribution is -0.163. The summed E-state index contributed by atoms with van der Waals surface area (Å²) in [6.45, 7) is 7.74. The van der Waals surface area contributed by atoms with E-state index in [0.717, 1.165) is 57.8 Å². The lowest BCUT2D eigenvalue weighted by atomic mass is 10.1. The first kappa shape index (κ1) is 59.6. The minimum absolute atomic E-state index is 0.0797. The molecule has 5 heteroatoms. The maximum Gasteiger partial charge on any atom is 0.306 e. The van der Waals surface area contributed by atoms with Crippen LogP contribution in [0.1, 0.15) is 265 Å². The van der Waals surface area contributed by atoms with E-state index in [9.17, 15) is 9.59 Å². The molecule has 0 N–H and O–H groups in total. The van der Waals surface area contributed by atoms with Gasteiger partial charge in [0, 0.05) is 19.4 Å². The summed E-state index contributed by atoms with van der Waals surface area (Å²) >= 11 is 0. The van der Waals surface area contributed by atoms with Gasteiger partial charge in [-0.05, 0) is 89.9 Å². The maximum absolute atomic E-state index is 12.7. The second-order valence-electron chi connectivity index (χ2n) is 17.8. The van der Waals surface area contributed by atoms with E-state index in [2.05, 4.69) is 81.5 Å². The summed E-state index contributed by atoms with van der Waals surface area (Å²) in [7, 11) is 0. The van der Waals surface area contributed by atoms with Crippen LogP contribution in [-0.2, 0) is 23.8 Å². The van der Waals surface area contributed by atoms with Crippen molar-refractivity contribution in [3.63, 3.8) is 0 Å². The summed E-state index contributed by atoms with van der Waals surface area (Å²) in [5.41, 5.74) is 0. The molecule has 1 unspecified atom stereocenters. The molecule has 0 aromatic rings. The zero-order valence-electron chi connectivity index (χ0n) is 41.4. The van der Waals surface area contributed by atoms with E-state index in [0.29, 0.717) is 19.4 Å². The van der Waals surface area contributed by atoms with Gasteiger partial charge < -0.3 is 14.2 Å². The zero-order valence-corrected chi connectivity index (χ0v) is 41.4. The number of ether oxygens (including phenoxy) is 3. The van der Waals surface area contributed by atoms with E-state index >= 15 is 0 Å². The molecule has 0 fully saturated rings. The van der Waals surface area contributed by atoms with Crippen molar-refractivity contribution in [3.05, 3.63) is 60.8 Å². The molecule has 0 rings (SSSR count). The van der Waals surface area contributed by atoms with Gasteiger partial charge in [0.05, 0.1) is 6.61 Å². The number of carbonyl (C=O) groups is 2. The van der Waals surface area contributed by atoms with Crippen molar-refractivity contribution < 1.29 is 23.8 Å². The van der Waals surface area contributed by atoms with Crippen LogP contribution in [0.3, 0.4) is 0 Å². The maximum atomic E-state index is 12.7. The van der Waals surface area contributed by atoms with Crippen molar-refractivity contribution in [2.75, 3.05) is 19.8 Å². The lowest BCUT2D eigenvalue weighted by Crippen LogP contribution is -2.30. The zero-order chi connectivity index (χ0) is 44.9. The Balaban J connectivity index is 4.11. The number of allylic oxidation sites excluding steroid dienone is 10. The Morgan fingerprint density at radius 1 is 0.355 bits per heavy atom. The van der Waals surface area contributed by atoms with Crippen LogP contribution >= 0.6 is 0 Å². The first-order valence-corrected chi connectivity index (χ1v) is 26.8. The fourth-order valence-electron chi connectivity index (χ4n) is 7.49. The van der Waals surface area contributed by atoms with Crippen LogP contribution in [0.15, 0.2) is 60.8 Å². The highest BCUT2D eigenvalue weighted by Gasteiger charge is 2.17. The van der Waals surface area contributed by atoms with Gasteiger partial charge >= 0.3 is 11.9 Å². The highest BCUT2D eigenvalue weighted by Crippen LogP contribution is 2.14. The van der Waals surface area contributed by atoms with Crippen LogP contribution < -0.4 is 0 Å². The molecule has 0 bridgehead atoms. The van der Waals surface area contributed by atoms with Crippen LogP contribution in [0.25, 0.3) is 0 Å². The van der Waals surface area contributed by atoms with Gasteiger partial charge in [0.2, 0.25) is 0 Å². The summed E-state index contributed by atoms with van der Waals surface area (Å²) < 4.78 is 17.4. The first-order valence-electron chi connectivity index (χ1n) is 26.8. The Hall–Kier alpha value is -2.40. The largest absolute Gasteiger partial charge is 0.462 e. The van der Waals surface area contributed by atoms with Crippen LogP contribution in [-0.4, -0.2) is 37.9 Å². The third-order valence-corrected chi connectivity index (χ3v) is 11.5. The van der Waals surface area contributed by atoms with Crippen molar-refractivity contribution in [1.29, 1.82) is 0 Å². The van der Waals surface area contributed by atoms with Crippen molar-refractivity contribution in [1.82, 2.24) is 0 Å². The van der Waals surface area contributed by atoms with Gasteiger partial charge in [-0.25, -0.2) is 0 Å². The molecule has 0 aromatic carbocycles. The summed E-state index contributed by atoms with van der Waals surface area (Å²) in [6, 6.07) is 0. The SMILES string of the molecule is CCCCC/C=C\C/C=C\C/C=C\CCCCCCCCCOCC(COC(=O)CCCCCCCCCCC/C=C\C/C=C\CCCCC)OC(=O)CCCCCCCCC. The number of esters is 2. The molecule has 0 aliphatic heterocycles. The number of unbranched alkanes of at least 4 members (excludes halogenated alkanes) is 28. The van der Waals surface area contributed by atoms with Crippen molar-refractivity contribution in [2.24, 2.45) is 0 Å². The molecule has 0 aliphatic rings. The number of hydrogen-bond donors (Lipinski definition) is 0. The molecule has 62 heavy (non-hydrogen) atoms. The standard InChI is InChI=1S/C57H102O5/c1-4-7-10-13-16-18-20-22-24-26-28-30-32-34-36-38-40-43-46-49-52-60-53-55(62-57(59)51-48-45-41-15-12-9-6-3)54-61-56(58)50-47-44-42-39-37-35-33-31-29-27-25-23-21-19-17-14-11-8-5-2/h16-19,22-25,28,30,55H,4-15,20-21,26-27,29,31-54H2,1-3H3/b18-16-,19-17-,24-22-,25-23-,30-28-. The normalized spacial score (nSPS) is 12.6. The van der Waals surface area contributed by atoms with Gasteiger partial charge in [-0.2, -0.15) is 0 Å².